The average molecular weight is 209 g/mol. The fourth-order valence-corrected chi connectivity index (χ4v) is 0.758. The number of hydrogen-bond donors (Lipinski definition) is 1. The van der Waals surface area contributed by atoms with E-state index in [9.17, 15) is 13.2 Å². The van der Waals surface area contributed by atoms with Crippen LogP contribution in [0.5, 0.6) is 0 Å². The van der Waals surface area contributed by atoms with E-state index in [-0.39, 0.29) is 12.6 Å². The van der Waals surface area contributed by atoms with Gasteiger partial charge in [0, 0.05) is 19.1 Å². The maximum absolute atomic E-state index is 11.6. The van der Waals surface area contributed by atoms with Crippen LogP contribution in [-0.4, -0.2) is 25.4 Å². The molecule has 1 unspecified atom stereocenters. The molecule has 0 bridgehead atoms. The van der Waals surface area contributed by atoms with E-state index in [4.69, 9.17) is 5.73 Å². The Morgan fingerprint density at radius 3 is 2.57 bits per heavy atom. The van der Waals surface area contributed by atoms with Gasteiger partial charge in [0.15, 0.2) is 0 Å². The van der Waals surface area contributed by atoms with E-state index in [0.717, 1.165) is 0 Å². The van der Waals surface area contributed by atoms with Crippen LogP contribution in [-0.2, 0) is 4.74 Å². The largest absolute Gasteiger partial charge is 0.411 e. The lowest BCUT2D eigenvalue weighted by atomic mass is 10.2. The van der Waals surface area contributed by atoms with Crippen LogP contribution in [0.1, 0.15) is 19.8 Å². The van der Waals surface area contributed by atoms with Gasteiger partial charge in [-0.3, -0.25) is 0 Å². The minimum atomic E-state index is -4.26. The zero-order valence-corrected chi connectivity index (χ0v) is 8.03. The Balaban J connectivity index is 3.39. The minimum Gasteiger partial charge on any atom is -0.372 e. The van der Waals surface area contributed by atoms with Crippen molar-refractivity contribution in [3.63, 3.8) is 0 Å². The summed E-state index contributed by atoms with van der Waals surface area (Å²) in [5.74, 6) is 5.41. The maximum Gasteiger partial charge on any atom is 0.411 e. The molecule has 14 heavy (non-hydrogen) atoms. The lowest BCUT2D eigenvalue weighted by Crippen LogP contribution is -2.23. The SMILES string of the molecule is CC#CCC(N)CCOCC(F)(F)F. The van der Waals surface area contributed by atoms with Crippen molar-refractivity contribution >= 4 is 0 Å². The normalized spacial score (nSPS) is 13.2. The van der Waals surface area contributed by atoms with E-state index in [1.54, 1.807) is 6.92 Å². The van der Waals surface area contributed by atoms with E-state index in [2.05, 4.69) is 16.6 Å². The summed E-state index contributed by atoms with van der Waals surface area (Å²) >= 11 is 0. The molecule has 0 saturated heterocycles. The molecule has 0 aromatic rings. The fraction of sp³-hybridized carbons (Fsp3) is 0.778. The van der Waals surface area contributed by atoms with Crippen LogP contribution in [0.2, 0.25) is 0 Å². The highest BCUT2D eigenvalue weighted by Gasteiger charge is 2.27. The maximum atomic E-state index is 11.6. The predicted octanol–water partition coefficient (Wildman–Crippen LogP) is 1.70. The van der Waals surface area contributed by atoms with Crippen LogP contribution in [0, 0.1) is 11.8 Å². The molecule has 0 aliphatic heterocycles. The molecule has 0 aliphatic carbocycles. The van der Waals surface area contributed by atoms with Gasteiger partial charge in [0.05, 0.1) is 0 Å². The van der Waals surface area contributed by atoms with Crippen LogP contribution in [0.25, 0.3) is 0 Å². The minimum absolute atomic E-state index is 0.0199. The number of hydrogen-bond acceptors (Lipinski definition) is 2. The van der Waals surface area contributed by atoms with E-state index >= 15 is 0 Å². The third-order valence-corrected chi connectivity index (χ3v) is 1.44. The van der Waals surface area contributed by atoms with Crippen LogP contribution < -0.4 is 5.73 Å². The van der Waals surface area contributed by atoms with Crippen LogP contribution in [0.4, 0.5) is 13.2 Å². The Labute approximate surface area is 81.6 Å². The predicted molar refractivity (Wildman–Crippen MR) is 47.5 cm³/mol. The first-order chi connectivity index (χ1) is 6.45. The molecular formula is C9H14F3NO. The second kappa shape index (κ2) is 6.68. The Morgan fingerprint density at radius 1 is 1.43 bits per heavy atom. The van der Waals surface area contributed by atoms with Crippen molar-refractivity contribution in [1.82, 2.24) is 0 Å². The molecule has 5 heteroatoms. The molecule has 0 aromatic carbocycles. The van der Waals surface area contributed by atoms with Gasteiger partial charge in [-0.2, -0.15) is 13.2 Å². The zero-order chi connectivity index (χ0) is 11.0. The van der Waals surface area contributed by atoms with Crippen molar-refractivity contribution in [2.24, 2.45) is 5.73 Å². The standard InChI is InChI=1S/C9H14F3NO/c1-2-3-4-8(13)5-6-14-7-9(10,11)12/h8H,4-7,13H2,1H3. The molecule has 0 spiro atoms. The summed E-state index contributed by atoms with van der Waals surface area (Å²) in [7, 11) is 0. The van der Waals surface area contributed by atoms with Gasteiger partial charge in [-0.05, 0) is 13.3 Å². The Hall–Kier alpha value is -0.730. The lowest BCUT2D eigenvalue weighted by Gasteiger charge is -2.10. The van der Waals surface area contributed by atoms with E-state index in [0.29, 0.717) is 12.8 Å². The van der Waals surface area contributed by atoms with Gasteiger partial charge in [0.1, 0.15) is 6.61 Å². The Morgan fingerprint density at radius 2 is 2.07 bits per heavy atom. The van der Waals surface area contributed by atoms with Gasteiger partial charge in [0.25, 0.3) is 0 Å². The first-order valence-corrected chi connectivity index (χ1v) is 4.25. The highest BCUT2D eigenvalue weighted by atomic mass is 19.4. The summed E-state index contributed by atoms with van der Waals surface area (Å²) in [4.78, 5) is 0. The van der Waals surface area contributed by atoms with Gasteiger partial charge in [-0.25, -0.2) is 0 Å². The Bertz CT molecular complexity index is 204. The van der Waals surface area contributed by atoms with Gasteiger partial charge in [0.2, 0.25) is 0 Å². The van der Waals surface area contributed by atoms with Gasteiger partial charge in [-0.1, -0.05) is 0 Å². The van der Waals surface area contributed by atoms with Gasteiger partial charge < -0.3 is 10.5 Å². The second-order valence-electron chi connectivity index (χ2n) is 2.85. The molecule has 0 amide bonds. The summed E-state index contributed by atoms with van der Waals surface area (Å²) in [6, 6.07) is -0.212. The molecule has 82 valence electrons. The van der Waals surface area contributed by atoms with Gasteiger partial charge >= 0.3 is 6.18 Å². The third kappa shape index (κ3) is 9.36. The van der Waals surface area contributed by atoms with Crippen LogP contribution in [0.3, 0.4) is 0 Å². The quantitative estimate of drug-likeness (QED) is 0.552. The van der Waals surface area contributed by atoms with Crippen molar-refractivity contribution in [2.45, 2.75) is 32.0 Å². The molecule has 0 heterocycles. The summed E-state index contributed by atoms with van der Waals surface area (Å²) in [6.07, 6.45) is -3.37. The van der Waals surface area contributed by atoms with E-state index in [1.807, 2.05) is 0 Å². The molecular weight excluding hydrogens is 195 g/mol. The van der Waals surface area contributed by atoms with E-state index < -0.39 is 12.8 Å². The van der Waals surface area contributed by atoms with Crippen molar-refractivity contribution < 1.29 is 17.9 Å². The lowest BCUT2D eigenvalue weighted by molar-refractivity contribution is -0.174. The zero-order valence-electron chi connectivity index (χ0n) is 8.03. The summed E-state index contributed by atoms with van der Waals surface area (Å²) < 4.78 is 39.2. The summed E-state index contributed by atoms with van der Waals surface area (Å²) in [6.45, 7) is 0.498. The highest BCUT2D eigenvalue weighted by molar-refractivity contribution is 4.97. The number of ether oxygens (including phenoxy) is 1. The second-order valence-corrected chi connectivity index (χ2v) is 2.85. The van der Waals surface area contributed by atoms with Crippen LogP contribution in [0.15, 0.2) is 0 Å². The molecule has 0 rings (SSSR count). The molecule has 0 saturated carbocycles. The average Bonchev–Trinajstić information content (AvgIpc) is 2.07. The van der Waals surface area contributed by atoms with Crippen molar-refractivity contribution in [3.05, 3.63) is 0 Å². The number of nitrogens with two attached hydrogens (primary N) is 1. The topological polar surface area (TPSA) is 35.2 Å². The van der Waals surface area contributed by atoms with Crippen molar-refractivity contribution in [2.75, 3.05) is 13.2 Å². The fourth-order valence-electron chi connectivity index (χ4n) is 0.758. The molecule has 0 aliphatic rings. The number of alkyl halides is 3. The van der Waals surface area contributed by atoms with Crippen LogP contribution >= 0.6 is 0 Å². The Kier molecular flexibility index (Phi) is 6.34. The first kappa shape index (κ1) is 13.3. The smallest absolute Gasteiger partial charge is 0.372 e. The molecule has 0 aromatic heterocycles. The molecule has 1 atom stereocenters. The van der Waals surface area contributed by atoms with Gasteiger partial charge in [-0.15, -0.1) is 11.8 Å². The molecule has 2 N–H and O–H groups in total. The van der Waals surface area contributed by atoms with Crippen molar-refractivity contribution in [1.29, 1.82) is 0 Å². The summed E-state index contributed by atoms with van der Waals surface area (Å²) in [5.41, 5.74) is 5.55. The number of rotatable bonds is 5. The first-order valence-electron chi connectivity index (χ1n) is 4.25. The third-order valence-electron chi connectivity index (χ3n) is 1.44. The molecule has 0 radical (unpaired) electrons. The number of halogens is 3. The molecule has 2 nitrogen and oxygen atoms in total. The highest BCUT2D eigenvalue weighted by Crippen LogP contribution is 2.14. The molecule has 0 fully saturated rings. The van der Waals surface area contributed by atoms with E-state index in [1.165, 1.54) is 0 Å². The monoisotopic (exact) mass is 209 g/mol. The van der Waals surface area contributed by atoms with Crippen molar-refractivity contribution in [3.8, 4) is 11.8 Å². The summed E-state index contributed by atoms with van der Waals surface area (Å²) in [5, 5.41) is 0.